The molecule has 1 aromatic heterocycles. The Balaban J connectivity index is 1.61. The van der Waals surface area contributed by atoms with Crippen molar-refractivity contribution in [3.05, 3.63) is 70.7 Å². The smallest absolute Gasteiger partial charge is 0.227 e. The first-order chi connectivity index (χ1) is 13.7. The molecule has 6 heteroatoms. The highest BCUT2D eigenvalue weighted by Gasteiger charge is 2.09. The van der Waals surface area contributed by atoms with Crippen LogP contribution >= 0.6 is 15.9 Å². The molecule has 0 aliphatic carbocycles. The van der Waals surface area contributed by atoms with Crippen LogP contribution in [0.25, 0.3) is 22.6 Å². The minimum Gasteiger partial charge on any atom is -0.493 e. The zero-order valence-electron chi connectivity index (χ0n) is 15.3. The van der Waals surface area contributed by atoms with Gasteiger partial charge >= 0.3 is 0 Å². The second-order valence-electron chi connectivity index (χ2n) is 6.05. The average molecular weight is 437 g/mol. The van der Waals surface area contributed by atoms with E-state index < -0.39 is 0 Å². The molecule has 0 N–H and O–H groups in total. The number of nitrogens with zero attached hydrogens (tertiary/aromatic N) is 2. The summed E-state index contributed by atoms with van der Waals surface area (Å²) in [4.78, 5) is 9.13. The minimum atomic E-state index is 0.587. The molecule has 0 aliphatic heterocycles. The fraction of sp³-hybridized carbons (Fsp3) is 0.0909. The number of hydrogen-bond donors (Lipinski definition) is 0. The van der Waals surface area contributed by atoms with Gasteiger partial charge in [0.2, 0.25) is 5.89 Å². The lowest BCUT2D eigenvalue weighted by Gasteiger charge is -2.07. The second kappa shape index (κ2) is 7.86. The first-order valence-electron chi connectivity index (χ1n) is 8.59. The first-order valence-corrected chi connectivity index (χ1v) is 9.38. The van der Waals surface area contributed by atoms with Crippen LogP contribution in [0.5, 0.6) is 11.5 Å². The number of hydrogen-bond acceptors (Lipinski definition) is 5. The summed E-state index contributed by atoms with van der Waals surface area (Å²) in [6, 6.07) is 19.2. The van der Waals surface area contributed by atoms with Gasteiger partial charge in [0.25, 0.3) is 0 Å². The molecule has 140 valence electrons. The molecule has 0 unspecified atom stereocenters. The van der Waals surface area contributed by atoms with Crippen LogP contribution in [0.2, 0.25) is 0 Å². The first kappa shape index (κ1) is 18.3. The van der Waals surface area contributed by atoms with E-state index in [4.69, 9.17) is 13.9 Å². The second-order valence-corrected chi connectivity index (χ2v) is 6.97. The summed E-state index contributed by atoms with van der Waals surface area (Å²) < 4.78 is 17.5. The van der Waals surface area contributed by atoms with Gasteiger partial charge in [-0.2, -0.15) is 0 Å². The summed E-state index contributed by atoms with van der Waals surface area (Å²) >= 11 is 3.43. The van der Waals surface area contributed by atoms with E-state index in [1.807, 2.05) is 60.7 Å². The van der Waals surface area contributed by atoms with Crippen LogP contribution in [-0.2, 0) is 0 Å². The largest absolute Gasteiger partial charge is 0.493 e. The van der Waals surface area contributed by atoms with Gasteiger partial charge < -0.3 is 13.9 Å². The Morgan fingerprint density at radius 3 is 2.46 bits per heavy atom. The number of rotatable bonds is 5. The van der Waals surface area contributed by atoms with Crippen LogP contribution in [0.4, 0.5) is 5.69 Å². The number of aromatic nitrogens is 1. The number of benzene rings is 3. The van der Waals surface area contributed by atoms with Gasteiger partial charge in [0.1, 0.15) is 5.52 Å². The molecule has 5 nitrogen and oxygen atoms in total. The van der Waals surface area contributed by atoms with Gasteiger partial charge in [0, 0.05) is 16.3 Å². The fourth-order valence-electron chi connectivity index (χ4n) is 2.79. The van der Waals surface area contributed by atoms with Crippen molar-refractivity contribution in [1.82, 2.24) is 4.98 Å². The molecule has 3 aromatic carbocycles. The number of halogens is 1. The van der Waals surface area contributed by atoms with Crippen LogP contribution in [0.3, 0.4) is 0 Å². The van der Waals surface area contributed by atoms with Gasteiger partial charge in [-0.15, -0.1) is 0 Å². The van der Waals surface area contributed by atoms with Gasteiger partial charge in [-0.25, -0.2) is 4.98 Å². The normalized spacial score (nSPS) is 11.2. The van der Waals surface area contributed by atoms with Crippen molar-refractivity contribution >= 4 is 38.9 Å². The van der Waals surface area contributed by atoms with Crippen molar-refractivity contribution < 1.29 is 13.9 Å². The lowest BCUT2D eigenvalue weighted by molar-refractivity contribution is 0.355. The lowest BCUT2D eigenvalue weighted by atomic mass is 10.2. The number of fused-ring (bicyclic) bond motifs is 1. The maximum Gasteiger partial charge on any atom is 0.227 e. The van der Waals surface area contributed by atoms with Crippen LogP contribution in [0, 0.1) is 0 Å². The summed E-state index contributed by atoms with van der Waals surface area (Å²) in [5.74, 6) is 1.94. The SMILES string of the molecule is COc1ccc(C=Nc2ccc3oc(-c4ccc(Br)cc4)nc3c2)cc1OC. The van der Waals surface area contributed by atoms with Crippen molar-refractivity contribution in [2.75, 3.05) is 14.2 Å². The summed E-state index contributed by atoms with van der Waals surface area (Å²) in [7, 11) is 3.22. The summed E-state index contributed by atoms with van der Waals surface area (Å²) in [5, 5.41) is 0. The molecule has 4 aromatic rings. The lowest BCUT2D eigenvalue weighted by Crippen LogP contribution is -1.91. The maximum absolute atomic E-state index is 5.86. The van der Waals surface area contributed by atoms with Crippen LogP contribution < -0.4 is 9.47 Å². The third-order valence-corrected chi connectivity index (χ3v) is 4.76. The van der Waals surface area contributed by atoms with Crippen molar-refractivity contribution in [1.29, 1.82) is 0 Å². The Morgan fingerprint density at radius 1 is 0.929 bits per heavy atom. The van der Waals surface area contributed by atoms with E-state index in [0.29, 0.717) is 17.4 Å². The fourth-order valence-corrected chi connectivity index (χ4v) is 3.06. The summed E-state index contributed by atoms with van der Waals surface area (Å²) in [6.45, 7) is 0. The van der Waals surface area contributed by atoms with Crippen LogP contribution in [0.1, 0.15) is 5.56 Å². The molecule has 1 heterocycles. The molecule has 4 rings (SSSR count). The Morgan fingerprint density at radius 2 is 1.71 bits per heavy atom. The van der Waals surface area contributed by atoms with Crippen LogP contribution in [-0.4, -0.2) is 25.4 Å². The van der Waals surface area contributed by atoms with Gasteiger partial charge in [0.15, 0.2) is 17.1 Å². The Hall–Kier alpha value is -3.12. The third kappa shape index (κ3) is 3.77. The standard InChI is InChI=1S/C22H17BrN2O3/c1-26-20-9-3-14(11-21(20)27-2)13-24-17-8-10-19-18(12-17)25-22(28-19)15-4-6-16(23)7-5-15/h3-13H,1-2H3. The topological polar surface area (TPSA) is 56.9 Å². The quantitative estimate of drug-likeness (QED) is 0.358. The molecule has 0 saturated heterocycles. The molecular weight excluding hydrogens is 420 g/mol. The highest BCUT2D eigenvalue weighted by atomic mass is 79.9. The van der Waals surface area contributed by atoms with E-state index >= 15 is 0 Å². The molecule has 0 spiro atoms. The number of aliphatic imine (C=N–C) groups is 1. The number of oxazole rings is 1. The van der Waals surface area contributed by atoms with Gasteiger partial charge in [0.05, 0.1) is 19.9 Å². The molecule has 0 radical (unpaired) electrons. The number of methoxy groups -OCH3 is 2. The summed E-state index contributed by atoms with van der Waals surface area (Å²) in [6.07, 6.45) is 1.78. The molecule has 0 atom stereocenters. The molecule has 0 aliphatic rings. The van der Waals surface area contributed by atoms with Crippen molar-refractivity contribution in [3.8, 4) is 23.0 Å². The van der Waals surface area contributed by atoms with E-state index in [2.05, 4.69) is 25.9 Å². The predicted molar refractivity (Wildman–Crippen MR) is 114 cm³/mol. The van der Waals surface area contributed by atoms with E-state index in [1.54, 1.807) is 20.4 Å². The molecule has 0 bridgehead atoms. The zero-order chi connectivity index (χ0) is 19.5. The van der Waals surface area contributed by atoms with Gasteiger partial charge in [-0.1, -0.05) is 15.9 Å². The molecule has 0 fully saturated rings. The summed E-state index contributed by atoms with van der Waals surface area (Å²) in [5.41, 5.74) is 4.11. The zero-order valence-corrected chi connectivity index (χ0v) is 16.9. The van der Waals surface area contributed by atoms with Crippen molar-refractivity contribution in [2.24, 2.45) is 4.99 Å². The number of ether oxygens (including phenoxy) is 2. The van der Waals surface area contributed by atoms with Crippen LogP contribution in [0.15, 0.2) is 74.5 Å². The van der Waals surface area contributed by atoms with Gasteiger partial charge in [-0.05, 0) is 66.2 Å². The maximum atomic E-state index is 5.86. The van der Waals surface area contributed by atoms with E-state index in [0.717, 1.165) is 32.4 Å². The monoisotopic (exact) mass is 436 g/mol. The third-order valence-electron chi connectivity index (χ3n) is 4.23. The van der Waals surface area contributed by atoms with E-state index in [-0.39, 0.29) is 0 Å². The van der Waals surface area contributed by atoms with Crippen molar-refractivity contribution in [3.63, 3.8) is 0 Å². The van der Waals surface area contributed by atoms with E-state index in [9.17, 15) is 0 Å². The average Bonchev–Trinajstić information content (AvgIpc) is 3.15. The molecule has 28 heavy (non-hydrogen) atoms. The predicted octanol–water partition coefficient (Wildman–Crippen LogP) is 6.03. The van der Waals surface area contributed by atoms with E-state index in [1.165, 1.54) is 0 Å². The minimum absolute atomic E-state index is 0.587. The van der Waals surface area contributed by atoms with Crippen molar-refractivity contribution in [2.45, 2.75) is 0 Å². The highest BCUT2D eigenvalue weighted by molar-refractivity contribution is 9.10. The molecule has 0 saturated carbocycles. The molecular formula is C22H17BrN2O3. The highest BCUT2D eigenvalue weighted by Crippen LogP contribution is 2.29. The Kier molecular flexibility index (Phi) is 5.12. The van der Waals surface area contributed by atoms with Gasteiger partial charge in [-0.3, -0.25) is 4.99 Å². The Labute approximate surface area is 170 Å². The molecule has 0 amide bonds. The Bertz CT molecular complexity index is 1150.